The normalized spacial score (nSPS) is 34.7. The molecule has 1 fully saturated rings. The second-order valence-corrected chi connectivity index (χ2v) is 4.61. The molecule has 0 amide bonds. The Labute approximate surface area is 88.6 Å². The predicted molar refractivity (Wildman–Crippen MR) is 60.5 cm³/mol. The van der Waals surface area contributed by atoms with Crippen LogP contribution in [-0.4, -0.2) is 37.7 Å². The van der Waals surface area contributed by atoms with Crippen LogP contribution in [0.3, 0.4) is 0 Å². The Hall–Kier alpha value is -0.0800. The van der Waals surface area contributed by atoms with Crippen molar-refractivity contribution in [1.82, 2.24) is 4.90 Å². The van der Waals surface area contributed by atoms with E-state index in [4.69, 9.17) is 4.74 Å². The summed E-state index contributed by atoms with van der Waals surface area (Å²) in [5, 5.41) is 0. The van der Waals surface area contributed by atoms with Crippen LogP contribution in [0, 0.1) is 11.8 Å². The number of hydrogen-bond donors (Lipinski definition) is 0. The maximum absolute atomic E-state index is 5.61. The molecule has 0 N–H and O–H groups in total. The van der Waals surface area contributed by atoms with Crippen LogP contribution >= 0.6 is 0 Å². The molecule has 0 spiro atoms. The van der Waals surface area contributed by atoms with Crippen LogP contribution in [-0.2, 0) is 4.74 Å². The number of likely N-dealkylation sites (tertiary alicyclic amines) is 1. The first kappa shape index (κ1) is 12.0. The van der Waals surface area contributed by atoms with E-state index >= 15 is 0 Å². The van der Waals surface area contributed by atoms with Crippen molar-refractivity contribution in [3.8, 4) is 0 Å². The number of hydrogen-bond acceptors (Lipinski definition) is 2. The molecule has 0 bridgehead atoms. The van der Waals surface area contributed by atoms with Gasteiger partial charge in [-0.25, -0.2) is 0 Å². The van der Waals surface area contributed by atoms with E-state index < -0.39 is 0 Å². The Kier molecular flexibility index (Phi) is 4.90. The zero-order chi connectivity index (χ0) is 10.6. The Morgan fingerprint density at radius 2 is 2.00 bits per heavy atom. The van der Waals surface area contributed by atoms with Crippen LogP contribution in [0.5, 0.6) is 0 Å². The standard InChI is InChI=1S/C12H25NO/c1-5-7-13-8-10(3)12(14-4)11(6-2)9-13/h10-12H,5-9H2,1-4H3. The lowest BCUT2D eigenvalue weighted by Crippen LogP contribution is -2.49. The van der Waals surface area contributed by atoms with Gasteiger partial charge < -0.3 is 9.64 Å². The molecule has 0 radical (unpaired) electrons. The van der Waals surface area contributed by atoms with Crippen molar-refractivity contribution >= 4 is 0 Å². The van der Waals surface area contributed by atoms with Crippen molar-refractivity contribution in [1.29, 1.82) is 0 Å². The monoisotopic (exact) mass is 199 g/mol. The summed E-state index contributed by atoms with van der Waals surface area (Å²) in [4.78, 5) is 2.59. The lowest BCUT2D eigenvalue weighted by atomic mass is 9.85. The summed E-state index contributed by atoms with van der Waals surface area (Å²) in [5.41, 5.74) is 0. The predicted octanol–water partition coefficient (Wildman–Crippen LogP) is 2.39. The fourth-order valence-corrected chi connectivity index (χ4v) is 2.77. The molecule has 2 heteroatoms. The zero-order valence-electron chi connectivity index (χ0n) is 10.1. The topological polar surface area (TPSA) is 12.5 Å². The first-order chi connectivity index (χ1) is 6.72. The lowest BCUT2D eigenvalue weighted by molar-refractivity contribution is -0.0445. The van der Waals surface area contributed by atoms with Gasteiger partial charge in [-0.2, -0.15) is 0 Å². The van der Waals surface area contributed by atoms with Crippen LogP contribution in [0.4, 0.5) is 0 Å². The smallest absolute Gasteiger partial charge is 0.0649 e. The number of piperidine rings is 1. The molecule has 0 saturated carbocycles. The third-order valence-electron chi connectivity index (χ3n) is 3.40. The van der Waals surface area contributed by atoms with Crippen LogP contribution < -0.4 is 0 Å². The number of nitrogens with zero attached hydrogens (tertiary/aromatic N) is 1. The van der Waals surface area contributed by atoms with Crippen molar-refractivity contribution in [3.63, 3.8) is 0 Å². The SMILES string of the molecule is CCCN1CC(C)C(OC)C(CC)C1. The molecule has 0 aromatic rings. The summed E-state index contributed by atoms with van der Waals surface area (Å²) in [5.74, 6) is 1.42. The third kappa shape index (κ3) is 2.71. The summed E-state index contributed by atoms with van der Waals surface area (Å²) >= 11 is 0. The number of rotatable bonds is 4. The molecule has 0 aliphatic carbocycles. The van der Waals surface area contributed by atoms with E-state index in [1.54, 1.807) is 0 Å². The van der Waals surface area contributed by atoms with Crippen molar-refractivity contribution in [3.05, 3.63) is 0 Å². The molecule has 84 valence electrons. The molecule has 1 aliphatic heterocycles. The molecular formula is C12H25NO. The van der Waals surface area contributed by atoms with Gasteiger partial charge in [0.1, 0.15) is 0 Å². The second-order valence-electron chi connectivity index (χ2n) is 4.61. The number of ether oxygens (including phenoxy) is 1. The first-order valence-electron chi connectivity index (χ1n) is 5.98. The first-order valence-corrected chi connectivity index (χ1v) is 5.98. The molecule has 0 aromatic carbocycles. The summed E-state index contributed by atoms with van der Waals surface area (Å²) < 4.78 is 5.61. The van der Waals surface area contributed by atoms with Crippen LogP contribution in [0.25, 0.3) is 0 Å². The van der Waals surface area contributed by atoms with E-state index in [0.29, 0.717) is 12.0 Å². The highest BCUT2D eigenvalue weighted by Crippen LogP contribution is 2.26. The molecule has 2 nitrogen and oxygen atoms in total. The zero-order valence-corrected chi connectivity index (χ0v) is 10.1. The Morgan fingerprint density at radius 1 is 1.29 bits per heavy atom. The fourth-order valence-electron chi connectivity index (χ4n) is 2.77. The fraction of sp³-hybridized carbons (Fsp3) is 1.00. The average molecular weight is 199 g/mol. The third-order valence-corrected chi connectivity index (χ3v) is 3.40. The van der Waals surface area contributed by atoms with E-state index in [1.807, 2.05) is 7.11 Å². The van der Waals surface area contributed by atoms with Gasteiger partial charge in [-0.15, -0.1) is 0 Å². The molecule has 1 saturated heterocycles. The molecule has 1 aliphatic rings. The van der Waals surface area contributed by atoms with Crippen LogP contribution in [0.1, 0.15) is 33.6 Å². The summed E-state index contributed by atoms with van der Waals surface area (Å²) in [7, 11) is 1.86. The van der Waals surface area contributed by atoms with Crippen molar-refractivity contribution < 1.29 is 4.74 Å². The average Bonchev–Trinajstić information content (AvgIpc) is 2.17. The van der Waals surface area contributed by atoms with Gasteiger partial charge in [0.05, 0.1) is 6.10 Å². The van der Waals surface area contributed by atoms with Gasteiger partial charge in [-0.1, -0.05) is 20.8 Å². The van der Waals surface area contributed by atoms with E-state index in [1.165, 1.54) is 32.5 Å². The van der Waals surface area contributed by atoms with E-state index in [0.717, 1.165) is 5.92 Å². The maximum atomic E-state index is 5.61. The van der Waals surface area contributed by atoms with Gasteiger partial charge in [0, 0.05) is 20.2 Å². The van der Waals surface area contributed by atoms with Crippen LogP contribution in [0.2, 0.25) is 0 Å². The van der Waals surface area contributed by atoms with E-state index in [2.05, 4.69) is 25.7 Å². The van der Waals surface area contributed by atoms with Gasteiger partial charge in [0.25, 0.3) is 0 Å². The van der Waals surface area contributed by atoms with Gasteiger partial charge in [0.15, 0.2) is 0 Å². The number of methoxy groups -OCH3 is 1. The van der Waals surface area contributed by atoms with E-state index in [9.17, 15) is 0 Å². The minimum atomic E-state index is 0.480. The van der Waals surface area contributed by atoms with Crippen LogP contribution in [0.15, 0.2) is 0 Å². The molecule has 0 aromatic heterocycles. The maximum Gasteiger partial charge on any atom is 0.0649 e. The van der Waals surface area contributed by atoms with E-state index in [-0.39, 0.29) is 0 Å². The molecule has 3 unspecified atom stereocenters. The molecule has 1 rings (SSSR count). The minimum absolute atomic E-state index is 0.480. The molecule has 1 heterocycles. The van der Waals surface area contributed by atoms with Gasteiger partial charge >= 0.3 is 0 Å². The Balaban J connectivity index is 2.53. The Bertz CT molecular complexity index is 160. The largest absolute Gasteiger partial charge is 0.381 e. The summed E-state index contributed by atoms with van der Waals surface area (Å²) in [6.45, 7) is 10.5. The highest BCUT2D eigenvalue weighted by Gasteiger charge is 2.32. The quantitative estimate of drug-likeness (QED) is 0.689. The van der Waals surface area contributed by atoms with Gasteiger partial charge in [-0.3, -0.25) is 0 Å². The minimum Gasteiger partial charge on any atom is -0.381 e. The lowest BCUT2D eigenvalue weighted by Gasteiger charge is -2.41. The second kappa shape index (κ2) is 5.72. The molecule has 14 heavy (non-hydrogen) atoms. The van der Waals surface area contributed by atoms with Gasteiger partial charge in [-0.05, 0) is 31.2 Å². The molecule has 3 atom stereocenters. The highest BCUT2D eigenvalue weighted by molar-refractivity contribution is 4.84. The molecular weight excluding hydrogens is 174 g/mol. The van der Waals surface area contributed by atoms with Crippen molar-refractivity contribution in [2.75, 3.05) is 26.7 Å². The van der Waals surface area contributed by atoms with Gasteiger partial charge in [0.2, 0.25) is 0 Å². The van der Waals surface area contributed by atoms with Crippen molar-refractivity contribution in [2.45, 2.75) is 39.7 Å². The highest BCUT2D eigenvalue weighted by atomic mass is 16.5. The van der Waals surface area contributed by atoms with Crippen molar-refractivity contribution in [2.24, 2.45) is 11.8 Å². The Morgan fingerprint density at radius 3 is 2.50 bits per heavy atom. The summed E-state index contributed by atoms with van der Waals surface area (Å²) in [6.07, 6.45) is 2.98. The summed E-state index contributed by atoms with van der Waals surface area (Å²) in [6, 6.07) is 0.